The van der Waals surface area contributed by atoms with Crippen molar-refractivity contribution in [1.29, 1.82) is 0 Å². The van der Waals surface area contributed by atoms with Crippen LogP contribution in [0.3, 0.4) is 0 Å². The number of thioether (sulfide) groups is 1. The van der Waals surface area contributed by atoms with E-state index >= 15 is 0 Å². The first-order chi connectivity index (χ1) is 12.1. The second-order valence-electron chi connectivity index (χ2n) is 5.70. The molecule has 3 N–H and O–H groups in total. The van der Waals surface area contributed by atoms with Gasteiger partial charge in [0.1, 0.15) is 0 Å². The number of nitrogens with zero attached hydrogens (tertiary/aromatic N) is 3. The molecule has 128 valence electrons. The van der Waals surface area contributed by atoms with Crippen LogP contribution in [0.25, 0.3) is 17.1 Å². The van der Waals surface area contributed by atoms with E-state index in [-0.39, 0.29) is 11.7 Å². The highest BCUT2D eigenvalue weighted by Gasteiger charge is 2.17. The molecule has 0 aliphatic carbocycles. The summed E-state index contributed by atoms with van der Waals surface area (Å²) in [5, 5.41) is 9.26. The fraction of sp³-hybridized carbons (Fsp3) is 0.167. The highest BCUT2D eigenvalue weighted by Crippen LogP contribution is 2.28. The van der Waals surface area contributed by atoms with E-state index in [1.807, 2.05) is 66.9 Å². The maximum Gasteiger partial charge on any atom is 0.244 e. The molecule has 0 bridgehead atoms. The molecule has 0 aliphatic heterocycles. The van der Waals surface area contributed by atoms with Crippen LogP contribution < -0.4 is 11.3 Å². The fourth-order valence-electron chi connectivity index (χ4n) is 2.35. The lowest BCUT2D eigenvalue weighted by Gasteiger charge is -2.11. The second kappa shape index (κ2) is 7.50. The number of aromatic nitrogens is 3. The standard InChI is InChI=1S/C18H19N5OS/c1-12-3-7-14(8-4-12)17-21-22-18(25-11-16(24)20-19)23(17)15-9-5-13(2)6-10-15/h3-10H,11,19H2,1-2H3,(H,20,24). The quantitative estimate of drug-likeness (QED) is 0.319. The normalized spacial score (nSPS) is 10.7. The van der Waals surface area contributed by atoms with Gasteiger partial charge in [-0.05, 0) is 26.0 Å². The number of aryl methyl sites for hydroxylation is 2. The molecule has 7 heteroatoms. The zero-order valence-corrected chi connectivity index (χ0v) is 14.9. The van der Waals surface area contributed by atoms with Crippen LogP contribution in [0, 0.1) is 13.8 Å². The maximum absolute atomic E-state index is 11.5. The van der Waals surface area contributed by atoms with Gasteiger partial charge < -0.3 is 0 Å². The smallest absolute Gasteiger partial charge is 0.244 e. The Morgan fingerprint density at radius 1 is 1.04 bits per heavy atom. The topological polar surface area (TPSA) is 85.8 Å². The van der Waals surface area contributed by atoms with E-state index in [1.54, 1.807) is 0 Å². The molecule has 0 spiro atoms. The Bertz CT molecular complexity index is 871. The molecule has 2 aromatic carbocycles. The molecular weight excluding hydrogens is 334 g/mol. The van der Waals surface area contributed by atoms with Gasteiger partial charge in [-0.25, -0.2) is 5.84 Å². The molecule has 6 nitrogen and oxygen atoms in total. The van der Waals surface area contributed by atoms with Crippen molar-refractivity contribution in [2.24, 2.45) is 5.84 Å². The van der Waals surface area contributed by atoms with Gasteiger partial charge in [-0.2, -0.15) is 0 Å². The van der Waals surface area contributed by atoms with Gasteiger partial charge in [-0.15, -0.1) is 10.2 Å². The van der Waals surface area contributed by atoms with Crippen molar-refractivity contribution in [3.05, 3.63) is 59.7 Å². The third-order valence-corrected chi connectivity index (χ3v) is 4.66. The lowest BCUT2D eigenvalue weighted by Crippen LogP contribution is -2.31. The van der Waals surface area contributed by atoms with E-state index in [9.17, 15) is 4.79 Å². The van der Waals surface area contributed by atoms with Gasteiger partial charge in [0, 0.05) is 11.3 Å². The number of nitrogens with one attached hydrogen (secondary N) is 1. The number of nitrogens with two attached hydrogens (primary N) is 1. The van der Waals surface area contributed by atoms with Gasteiger partial charge in [0.25, 0.3) is 0 Å². The van der Waals surface area contributed by atoms with Crippen molar-refractivity contribution in [2.45, 2.75) is 19.0 Å². The number of hydrogen-bond acceptors (Lipinski definition) is 5. The third kappa shape index (κ3) is 3.89. The highest BCUT2D eigenvalue weighted by atomic mass is 32.2. The van der Waals surface area contributed by atoms with E-state index in [1.165, 1.54) is 22.9 Å². The van der Waals surface area contributed by atoms with Crippen molar-refractivity contribution in [3.8, 4) is 17.1 Å². The number of carbonyl (C=O) groups excluding carboxylic acids is 1. The number of rotatable bonds is 5. The monoisotopic (exact) mass is 353 g/mol. The first kappa shape index (κ1) is 17.2. The minimum atomic E-state index is -0.264. The van der Waals surface area contributed by atoms with Crippen LogP contribution in [-0.2, 0) is 4.79 Å². The summed E-state index contributed by atoms with van der Waals surface area (Å²) in [5.41, 5.74) is 6.39. The lowest BCUT2D eigenvalue weighted by molar-refractivity contribution is -0.118. The van der Waals surface area contributed by atoms with Gasteiger partial charge in [-0.1, -0.05) is 59.3 Å². The molecule has 1 heterocycles. The predicted octanol–water partition coefficient (Wildman–Crippen LogP) is 2.63. The summed E-state index contributed by atoms with van der Waals surface area (Å²) in [7, 11) is 0. The Labute approximate surface area is 150 Å². The molecule has 3 aromatic rings. The summed E-state index contributed by atoms with van der Waals surface area (Å²) in [6, 6.07) is 16.2. The van der Waals surface area contributed by atoms with Gasteiger partial charge >= 0.3 is 0 Å². The van der Waals surface area contributed by atoms with Gasteiger partial charge in [0.2, 0.25) is 5.91 Å². The molecule has 0 fully saturated rings. The molecular formula is C18H19N5OS. The van der Waals surface area contributed by atoms with Crippen molar-refractivity contribution >= 4 is 17.7 Å². The largest absolute Gasteiger partial charge is 0.294 e. The second-order valence-corrected chi connectivity index (χ2v) is 6.64. The fourth-order valence-corrected chi connectivity index (χ4v) is 3.11. The molecule has 25 heavy (non-hydrogen) atoms. The van der Waals surface area contributed by atoms with E-state index in [2.05, 4.69) is 15.6 Å². The Morgan fingerprint density at radius 3 is 2.24 bits per heavy atom. The predicted molar refractivity (Wildman–Crippen MR) is 99.3 cm³/mol. The number of hydrogen-bond donors (Lipinski definition) is 2. The van der Waals surface area contributed by atoms with Crippen molar-refractivity contribution < 1.29 is 4.79 Å². The summed E-state index contributed by atoms with van der Waals surface area (Å²) in [6.45, 7) is 4.08. The SMILES string of the molecule is Cc1ccc(-c2nnc(SCC(=O)NN)n2-c2ccc(C)cc2)cc1. The molecule has 0 saturated heterocycles. The molecule has 0 unspecified atom stereocenters. The van der Waals surface area contributed by atoms with Crippen LogP contribution in [0.1, 0.15) is 11.1 Å². The summed E-state index contributed by atoms with van der Waals surface area (Å²) in [5.74, 6) is 5.80. The lowest BCUT2D eigenvalue weighted by atomic mass is 10.1. The van der Waals surface area contributed by atoms with Crippen molar-refractivity contribution in [2.75, 3.05) is 5.75 Å². The van der Waals surface area contributed by atoms with E-state index in [0.29, 0.717) is 5.16 Å². The third-order valence-electron chi connectivity index (χ3n) is 3.73. The molecule has 0 aliphatic rings. The maximum atomic E-state index is 11.5. The Hall–Kier alpha value is -2.64. The summed E-state index contributed by atoms with van der Waals surface area (Å²) >= 11 is 1.29. The zero-order valence-electron chi connectivity index (χ0n) is 14.1. The van der Waals surface area contributed by atoms with Gasteiger partial charge in [0.15, 0.2) is 11.0 Å². The number of benzene rings is 2. The van der Waals surface area contributed by atoms with Crippen molar-refractivity contribution in [3.63, 3.8) is 0 Å². The van der Waals surface area contributed by atoms with Gasteiger partial charge in [-0.3, -0.25) is 14.8 Å². The van der Waals surface area contributed by atoms with Crippen LogP contribution in [0.15, 0.2) is 53.7 Å². The summed E-state index contributed by atoms with van der Waals surface area (Å²) < 4.78 is 1.96. The molecule has 0 saturated carbocycles. The van der Waals surface area contributed by atoms with Crippen molar-refractivity contribution in [1.82, 2.24) is 20.2 Å². The highest BCUT2D eigenvalue weighted by molar-refractivity contribution is 7.99. The number of carbonyl (C=O) groups is 1. The van der Waals surface area contributed by atoms with Crippen LogP contribution in [0.2, 0.25) is 0 Å². The van der Waals surface area contributed by atoms with E-state index in [4.69, 9.17) is 5.84 Å². The van der Waals surface area contributed by atoms with Crippen LogP contribution in [0.4, 0.5) is 0 Å². The summed E-state index contributed by atoms with van der Waals surface area (Å²) in [6.07, 6.45) is 0. The molecule has 1 amide bonds. The first-order valence-electron chi connectivity index (χ1n) is 7.80. The minimum absolute atomic E-state index is 0.175. The average molecular weight is 353 g/mol. The molecule has 3 rings (SSSR count). The number of hydrazine groups is 1. The Balaban J connectivity index is 2.05. The van der Waals surface area contributed by atoms with Gasteiger partial charge in [0.05, 0.1) is 5.75 Å². The van der Waals surface area contributed by atoms with Crippen LogP contribution >= 0.6 is 11.8 Å². The average Bonchev–Trinajstić information content (AvgIpc) is 3.05. The van der Waals surface area contributed by atoms with E-state index in [0.717, 1.165) is 17.1 Å². The minimum Gasteiger partial charge on any atom is -0.294 e. The Kier molecular flexibility index (Phi) is 5.16. The summed E-state index contributed by atoms with van der Waals surface area (Å²) in [4.78, 5) is 11.5. The molecule has 1 aromatic heterocycles. The van der Waals surface area contributed by atoms with E-state index < -0.39 is 0 Å². The first-order valence-corrected chi connectivity index (χ1v) is 8.79. The number of amides is 1. The zero-order chi connectivity index (χ0) is 17.8. The van der Waals surface area contributed by atoms with Crippen LogP contribution in [-0.4, -0.2) is 26.4 Å². The van der Waals surface area contributed by atoms with Crippen LogP contribution in [0.5, 0.6) is 0 Å². The molecule has 0 atom stereocenters. The Morgan fingerprint density at radius 2 is 1.64 bits per heavy atom. The molecule has 0 radical (unpaired) electrons.